The minimum atomic E-state index is -0.246. The molecular formula is C29H32N2O5S. The van der Waals surface area contributed by atoms with E-state index in [1.807, 2.05) is 47.4 Å². The normalized spacial score (nSPS) is 18.8. The Bertz CT molecular complexity index is 1210. The number of thiophene rings is 1. The third-order valence-electron chi connectivity index (χ3n) is 6.96. The molecule has 0 spiro atoms. The first-order valence-corrected chi connectivity index (χ1v) is 13.6. The lowest BCUT2D eigenvalue weighted by atomic mass is 10.00. The average molecular weight is 521 g/mol. The molecule has 0 saturated carbocycles. The van der Waals surface area contributed by atoms with E-state index in [-0.39, 0.29) is 30.5 Å². The van der Waals surface area contributed by atoms with Crippen LogP contribution in [0.3, 0.4) is 0 Å². The molecular weight excluding hydrogens is 488 g/mol. The number of para-hydroxylation sites is 2. The van der Waals surface area contributed by atoms with Crippen LogP contribution in [-0.2, 0) is 16.0 Å². The van der Waals surface area contributed by atoms with Gasteiger partial charge in [0.1, 0.15) is 13.2 Å². The lowest BCUT2D eigenvalue weighted by molar-refractivity contribution is -0.135. The van der Waals surface area contributed by atoms with Crippen LogP contribution in [0.1, 0.15) is 39.7 Å². The highest BCUT2D eigenvalue weighted by Crippen LogP contribution is 2.35. The van der Waals surface area contributed by atoms with E-state index in [0.29, 0.717) is 43.4 Å². The second kappa shape index (κ2) is 11.8. The van der Waals surface area contributed by atoms with Crippen LogP contribution in [0.15, 0.2) is 66.0 Å². The minimum absolute atomic E-state index is 0.00177. The lowest BCUT2D eigenvalue weighted by Crippen LogP contribution is -2.49. The van der Waals surface area contributed by atoms with Crippen molar-refractivity contribution in [3.05, 3.63) is 82.0 Å². The Labute approximate surface area is 221 Å². The van der Waals surface area contributed by atoms with Gasteiger partial charge in [-0.15, -0.1) is 11.3 Å². The van der Waals surface area contributed by atoms with E-state index < -0.39 is 0 Å². The maximum absolute atomic E-state index is 13.8. The first-order valence-electron chi connectivity index (χ1n) is 12.7. The van der Waals surface area contributed by atoms with Gasteiger partial charge in [0, 0.05) is 30.1 Å². The summed E-state index contributed by atoms with van der Waals surface area (Å²) in [5.74, 6) is 1.05. The van der Waals surface area contributed by atoms with Crippen LogP contribution in [0.2, 0.25) is 0 Å². The van der Waals surface area contributed by atoms with Crippen molar-refractivity contribution in [3.8, 4) is 11.5 Å². The van der Waals surface area contributed by atoms with Crippen molar-refractivity contribution >= 4 is 23.2 Å². The van der Waals surface area contributed by atoms with Gasteiger partial charge in [0.2, 0.25) is 5.91 Å². The van der Waals surface area contributed by atoms with E-state index in [1.54, 1.807) is 35.5 Å². The van der Waals surface area contributed by atoms with Crippen molar-refractivity contribution in [2.24, 2.45) is 0 Å². The molecule has 1 fully saturated rings. The fraction of sp³-hybridized carbons (Fsp3) is 0.379. The average Bonchev–Trinajstić information content (AvgIpc) is 3.64. The van der Waals surface area contributed by atoms with Gasteiger partial charge in [-0.05, 0) is 60.5 Å². The van der Waals surface area contributed by atoms with E-state index in [9.17, 15) is 9.59 Å². The molecule has 2 aliphatic rings. The number of hydrogen-bond donors (Lipinski definition) is 0. The van der Waals surface area contributed by atoms with Crippen molar-refractivity contribution in [3.63, 3.8) is 0 Å². The zero-order valence-electron chi connectivity index (χ0n) is 21.0. The Morgan fingerprint density at radius 3 is 2.62 bits per heavy atom. The van der Waals surface area contributed by atoms with E-state index in [4.69, 9.17) is 14.2 Å². The summed E-state index contributed by atoms with van der Waals surface area (Å²) in [7, 11) is 1.61. The fourth-order valence-corrected chi connectivity index (χ4v) is 5.98. The number of hydrogen-bond acceptors (Lipinski definition) is 6. The van der Waals surface area contributed by atoms with Crippen LogP contribution in [0, 0.1) is 0 Å². The van der Waals surface area contributed by atoms with Gasteiger partial charge < -0.3 is 24.0 Å². The van der Waals surface area contributed by atoms with Gasteiger partial charge in [0.05, 0.1) is 19.3 Å². The third kappa shape index (κ3) is 5.81. The van der Waals surface area contributed by atoms with Crippen LogP contribution in [0.5, 0.6) is 11.5 Å². The van der Waals surface area contributed by atoms with Crippen LogP contribution < -0.4 is 9.47 Å². The summed E-state index contributed by atoms with van der Waals surface area (Å²) < 4.78 is 17.4. The minimum Gasteiger partial charge on any atom is -0.493 e. The molecule has 0 N–H and O–H groups in total. The molecule has 0 aliphatic carbocycles. The van der Waals surface area contributed by atoms with Crippen LogP contribution >= 0.6 is 11.3 Å². The summed E-state index contributed by atoms with van der Waals surface area (Å²) in [6.07, 6.45) is 2.61. The second-order valence-corrected chi connectivity index (χ2v) is 10.3. The van der Waals surface area contributed by atoms with Crippen LogP contribution in [0.4, 0.5) is 0 Å². The Balaban J connectivity index is 1.35. The Morgan fingerprint density at radius 1 is 1.08 bits per heavy atom. The quantitative estimate of drug-likeness (QED) is 0.413. The first kappa shape index (κ1) is 25.3. The molecule has 5 rings (SSSR count). The van der Waals surface area contributed by atoms with Crippen molar-refractivity contribution in [2.75, 3.05) is 40.0 Å². The monoisotopic (exact) mass is 520 g/mol. The predicted octanol–water partition coefficient (Wildman–Crippen LogP) is 4.58. The summed E-state index contributed by atoms with van der Waals surface area (Å²) in [6.45, 7) is 1.98. The number of methoxy groups -OCH3 is 1. The zero-order chi connectivity index (χ0) is 25.6. The molecule has 0 unspecified atom stereocenters. The molecule has 0 radical (unpaired) electrons. The standard InChI is InChI=1S/C29H32N2O5S/c1-34-25-11-5-6-12-26(25)36-20-24-23-14-17-37-27(23)13-15-31(24)28(32)19-30(18-22-10-7-16-35-22)29(33)21-8-3-2-4-9-21/h2-6,8-9,11-12,14,17,22,24H,7,10,13,15-16,18-20H2,1H3/t22-,24-/m1/s1. The highest BCUT2D eigenvalue weighted by molar-refractivity contribution is 7.10. The molecule has 2 atom stereocenters. The zero-order valence-corrected chi connectivity index (χ0v) is 21.8. The molecule has 3 heterocycles. The lowest BCUT2D eigenvalue weighted by Gasteiger charge is -2.37. The van der Waals surface area contributed by atoms with E-state index in [1.165, 1.54) is 4.88 Å². The molecule has 37 heavy (non-hydrogen) atoms. The number of amides is 2. The second-order valence-electron chi connectivity index (χ2n) is 9.30. The van der Waals surface area contributed by atoms with Gasteiger partial charge in [0.25, 0.3) is 5.91 Å². The van der Waals surface area contributed by atoms with Crippen molar-refractivity contribution in [2.45, 2.75) is 31.4 Å². The molecule has 1 aromatic heterocycles. The largest absolute Gasteiger partial charge is 0.493 e. The molecule has 2 aromatic carbocycles. The SMILES string of the molecule is COc1ccccc1OC[C@@H]1c2ccsc2CCN1C(=O)CN(C[C@H]1CCCO1)C(=O)c1ccccc1. The number of carbonyl (C=O) groups is 2. The van der Waals surface area contributed by atoms with E-state index >= 15 is 0 Å². The molecule has 3 aromatic rings. The summed E-state index contributed by atoms with van der Waals surface area (Å²) in [5.41, 5.74) is 1.68. The molecule has 1 saturated heterocycles. The van der Waals surface area contributed by atoms with Gasteiger partial charge in [-0.1, -0.05) is 30.3 Å². The Kier molecular flexibility index (Phi) is 8.06. The molecule has 0 bridgehead atoms. The smallest absolute Gasteiger partial charge is 0.254 e. The molecule has 2 amide bonds. The fourth-order valence-electron chi connectivity index (χ4n) is 5.05. The van der Waals surface area contributed by atoms with E-state index in [2.05, 4.69) is 11.4 Å². The van der Waals surface area contributed by atoms with Crippen LogP contribution in [-0.4, -0.2) is 67.7 Å². The highest BCUT2D eigenvalue weighted by atomic mass is 32.1. The summed E-state index contributed by atoms with van der Waals surface area (Å²) in [6, 6.07) is 18.5. The number of benzene rings is 2. The number of fused-ring (bicyclic) bond motifs is 1. The van der Waals surface area contributed by atoms with Crippen molar-refractivity contribution in [1.82, 2.24) is 9.80 Å². The third-order valence-corrected chi connectivity index (χ3v) is 7.96. The van der Waals surface area contributed by atoms with Gasteiger partial charge in [-0.2, -0.15) is 0 Å². The maximum Gasteiger partial charge on any atom is 0.254 e. The summed E-state index contributed by atoms with van der Waals surface area (Å²) in [5, 5.41) is 2.07. The molecule has 194 valence electrons. The molecule has 8 heteroatoms. The van der Waals surface area contributed by atoms with Gasteiger partial charge >= 0.3 is 0 Å². The number of carbonyl (C=O) groups excluding carboxylic acids is 2. The Morgan fingerprint density at radius 2 is 1.86 bits per heavy atom. The highest BCUT2D eigenvalue weighted by Gasteiger charge is 2.34. The molecule has 2 aliphatic heterocycles. The summed E-state index contributed by atoms with van der Waals surface area (Å²) in [4.78, 5) is 32.0. The van der Waals surface area contributed by atoms with E-state index in [0.717, 1.165) is 24.8 Å². The van der Waals surface area contributed by atoms with Crippen molar-refractivity contribution < 1.29 is 23.8 Å². The summed E-state index contributed by atoms with van der Waals surface area (Å²) >= 11 is 1.71. The topological polar surface area (TPSA) is 68.3 Å². The number of ether oxygens (including phenoxy) is 3. The van der Waals surface area contributed by atoms with Crippen molar-refractivity contribution in [1.29, 1.82) is 0 Å². The first-order chi connectivity index (χ1) is 18.1. The van der Waals surface area contributed by atoms with Gasteiger partial charge in [-0.25, -0.2) is 0 Å². The maximum atomic E-state index is 13.8. The van der Waals surface area contributed by atoms with Gasteiger partial charge in [-0.3, -0.25) is 9.59 Å². The predicted molar refractivity (Wildman–Crippen MR) is 142 cm³/mol. The van der Waals surface area contributed by atoms with Gasteiger partial charge in [0.15, 0.2) is 11.5 Å². The molecule has 7 nitrogen and oxygen atoms in total. The Hall–Kier alpha value is -3.36. The number of rotatable bonds is 9. The number of nitrogens with zero attached hydrogens (tertiary/aromatic N) is 2. The van der Waals surface area contributed by atoms with Crippen LogP contribution in [0.25, 0.3) is 0 Å².